The summed E-state index contributed by atoms with van der Waals surface area (Å²) in [5.74, 6) is 0.708. The monoisotopic (exact) mass is 390 g/mol. The van der Waals surface area contributed by atoms with Crippen molar-refractivity contribution in [1.29, 1.82) is 0 Å². The summed E-state index contributed by atoms with van der Waals surface area (Å²) in [5.41, 5.74) is 0.732. The number of fused-ring (bicyclic) bond motifs is 2. The van der Waals surface area contributed by atoms with Gasteiger partial charge in [-0.1, -0.05) is 24.3 Å². The number of nitrogens with zero attached hydrogens (tertiary/aromatic N) is 5. The molecule has 1 aromatic carbocycles. The molecule has 0 saturated heterocycles. The van der Waals surface area contributed by atoms with Gasteiger partial charge in [-0.15, -0.1) is 0 Å². The molecule has 29 heavy (non-hydrogen) atoms. The number of nitrogens with one attached hydrogen (secondary N) is 1. The minimum absolute atomic E-state index is 0.0569. The van der Waals surface area contributed by atoms with Gasteiger partial charge in [0.05, 0.1) is 10.4 Å². The summed E-state index contributed by atoms with van der Waals surface area (Å²) in [4.78, 5) is 34.2. The average molecular weight is 390 g/mol. The van der Waals surface area contributed by atoms with Crippen LogP contribution in [0, 0.1) is 10.1 Å². The molecule has 0 atom stereocenters. The summed E-state index contributed by atoms with van der Waals surface area (Å²) in [6, 6.07) is 14.5. The van der Waals surface area contributed by atoms with E-state index in [1.54, 1.807) is 18.2 Å². The maximum atomic E-state index is 12.6. The SMILES string of the molecule is CN(C)c1cc(CNc2nc3ccccn3c(=O)c2[N+](=O)[O-])c2ccccc2n1. The zero-order valence-electron chi connectivity index (χ0n) is 15.9. The molecule has 0 amide bonds. The largest absolute Gasteiger partial charge is 0.376 e. The lowest BCUT2D eigenvalue weighted by Gasteiger charge is -2.15. The smallest absolute Gasteiger partial charge is 0.363 e. The summed E-state index contributed by atoms with van der Waals surface area (Å²) in [6.45, 7) is 0.250. The molecule has 9 nitrogen and oxygen atoms in total. The van der Waals surface area contributed by atoms with Gasteiger partial charge in [0.15, 0.2) is 0 Å². The van der Waals surface area contributed by atoms with Crippen molar-refractivity contribution in [3.8, 4) is 0 Å². The maximum absolute atomic E-state index is 12.6. The Bertz CT molecular complexity index is 1300. The highest BCUT2D eigenvalue weighted by Crippen LogP contribution is 2.24. The number of benzene rings is 1. The third-order valence-electron chi connectivity index (χ3n) is 4.59. The predicted molar refractivity (Wildman–Crippen MR) is 112 cm³/mol. The van der Waals surface area contributed by atoms with E-state index in [1.165, 1.54) is 6.20 Å². The first-order valence-corrected chi connectivity index (χ1v) is 8.91. The first-order valence-electron chi connectivity index (χ1n) is 8.91. The average Bonchev–Trinajstić information content (AvgIpc) is 2.71. The van der Waals surface area contributed by atoms with E-state index in [9.17, 15) is 14.9 Å². The maximum Gasteiger partial charge on any atom is 0.376 e. The molecule has 0 radical (unpaired) electrons. The number of anilines is 2. The Morgan fingerprint density at radius 2 is 1.90 bits per heavy atom. The lowest BCUT2D eigenvalue weighted by Crippen LogP contribution is -2.21. The molecule has 0 bridgehead atoms. The molecular formula is C20H18N6O3. The van der Waals surface area contributed by atoms with Crippen molar-refractivity contribution in [2.45, 2.75) is 6.54 Å². The van der Waals surface area contributed by atoms with E-state index in [4.69, 9.17) is 0 Å². The summed E-state index contributed by atoms with van der Waals surface area (Å²) in [6.07, 6.45) is 1.46. The fraction of sp³-hybridized carbons (Fsp3) is 0.150. The minimum atomic E-state index is -0.725. The van der Waals surface area contributed by atoms with Crippen LogP contribution in [0.3, 0.4) is 0 Å². The van der Waals surface area contributed by atoms with E-state index >= 15 is 0 Å². The van der Waals surface area contributed by atoms with Crippen molar-refractivity contribution >= 4 is 33.9 Å². The van der Waals surface area contributed by atoms with Gasteiger partial charge in [-0.2, -0.15) is 0 Å². The Morgan fingerprint density at radius 3 is 2.66 bits per heavy atom. The van der Waals surface area contributed by atoms with Crippen LogP contribution in [0.1, 0.15) is 5.56 Å². The highest BCUT2D eigenvalue weighted by atomic mass is 16.6. The lowest BCUT2D eigenvalue weighted by molar-refractivity contribution is -0.385. The minimum Gasteiger partial charge on any atom is -0.363 e. The van der Waals surface area contributed by atoms with Crippen LogP contribution in [0.5, 0.6) is 0 Å². The molecule has 3 aromatic heterocycles. The van der Waals surface area contributed by atoms with Gasteiger partial charge >= 0.3 is 11.2 Å². The van der Waals surface area contributed by atoms with Crippen LogP contribution >= 0.6 is 0 Å². The molecule has 3 heterocycles. The fourth-order valence-electron chi connectivity index (χ4n) is 3.15. The predicted octanol–water partition coefficient (Wildman–Crippen LogP) is 2.83. The number of hydrogen-bond acceptors (Lipinski definition) is 7. The molecule has 4 aromatic rings. The van der Waals surface area contributed by atoms with Gasteiger partial charge in [-0.05, 0) is 29.8 Å². The van der Waals surface area contributed by atoms with Gasteiger partial charge in [-0.3, -0.25) is 19.3 Å². The quantitative estimate of drug-likeness (QED) is 0.412. The van der Waals surface area contributed by atoms with Crippen LogP contribution in [0.4, 0.5) is 17.3 Å². The Hall–Kier alpha value is -4.01. The number of rotatable bonds is 5. The topological polar surface area (TPSA) is 106 Å². The molecule has 0 fully saturated rings. The zero-order valence-corrected chi connectivity index (χ0v) is 15.9. The second-order valence-electron chi connectivity index (χ2n) is 6.70. The van der Waals surface area contributed by atoms with Crippen molar-refractivity contribution in [1.82, 2.24) is 14.4 Å². The summed E-state index contributed by atoms with van der Waals surface area (Å²) in [5, 5.41) is 15.5. The third-order valence-corrected chi connectivity index (χ3v) is 4.59. The molecule has 0 saturated carbocycles. The molecule has 0 aliphatic rings. The number of para-hydroxylation sites is 1. The standard InChI is InChI=1S/C20H18N6O3/c1-24(2)17-11-13(14-7-3-4-8-15(14)22-17)12-21-19-18(26(28)29)20(27)25-10-6-5-9-16(25)23-19/h3-11,21H,12H2,1-2H3. The van der Waals surface area contributed by atoms with Gasteiger partial charge in [0.1, 0.15) is 11.5 Å². The van der Waals surface area contributed by atoms with Crippen molar-refractivity contribution in [2.24, 2.45) is 0 Å². The molecule has 0 spiro atoms. The second-order valence-corrected chi connectivity index (χ2v) is 6.70. The van der Waals surface area contributed by atoms with Gasteiger partial charge in [0.2, 0.25) is 5.82 Å². The van der Waals surface area contributed by atoms with Gasteiger partial charge in [0, 0.05) is 32.2 Å². The van der Waals surface area contributed by atoms with E-state index in [-0.39, 0.29) is 12.4 Å². The third kappa shape index (κ3) is 3.33. The summed E-state index contributed by atoms with van der Waals surface area (Å²) < 4.78 is 1.16. The number of pyridine rings is 2. The van der Waals surface area contributed by atoms with E-state index in [2.05, 4.69) is 15.3 Å². The Labute approximate surface area is 165 Å². The first-order chi connectivity index (χ1) is 14.0. The van der Waals surface area contributed by atoms with Crippen LogP contribution in [-0.2, 0) is 6.54 Å². The molecule has 9 heteroatoms. The number of hydrogen-bond donors (Lipinski definition) is 1. The molecule has 0 aliphatic heterocycles. The number of nitro groups is 1. The lowest BCUT2D eigenvalue weighted by atomic mass is 10.1. The van der Waals surface area contributed by atoms with Crippen molar-refractivity contribution in [3.63, 3.8) is 0 Å². The normalized spacial score (nSPS) is 11.0. The van der Waals surface area contributed by atoms with Crippen LogP contribution in [0.15, 0.2) is 59.5 Å². The van der Waals surface area contributed by atoms with E-state index in [0.717, 1.165) is 26.7 Å². The molecule has 4 rings (SSSR count). The van der Waals surface area contributed by atoms with Crippen LogP contribution in [-0.4, -0.2) is 33.4 Å². The zero-order chi connectivity index (χ0) is 20.5. The van der Waals surface area contributed by atoms with Crippen molar-refractivity contribution < 1.29 is 4.92 Å². The summed E-state index contributed by atoms with van der Waals surface area (Å²) >= 11 is 0. The fourth-order valence-corrected chi connectivity index (χ4v) is 3.15. The van der Waals surface area contributed by atoms with Gasteiger partial charge < -0.3 is 10.2 Å². The summed E-state index contributed by atoms with van der Waals surface area (Å²) in [7, 11) is 3.79. The van der Waals surface area contributed by atoms with E-state index in [0.29, 0.717) is 5.65 Å². The van der Waals surface area contributed by atoms with Gasteiger partial charge in [0.25, 0.3) is 0 Å². The molecule has 0 unspecified atom stereocenters. The van der Waals surface area contributed by atoms with Gasteiger partial charge in [-0.25, -0.2) is 9.97 Å². The Morgan fingerprint density at radius 1 is 1.14 bits per heavy atom. The van der Waals surface area contributed by atoms with Crippen molar-refractivity contribution in [3.05, 3.63) is 80.8 Å². The van der Waals surface area contributed by atoms with Crippen LogP contribution in [0.2, 0.25) is 0 Å². The Balaban J connectivity index is 1.80. The molecule has 1 N–H and O–H groups in total. The first kappa shape index (κ1) is 18.4. The molecular weight excluding hydrogens is 372 g/mol. The van der Waals surface area contributed by atoms with E-state index in [1.807, 2.05) is 49.3 Å². The van der Waals surface area contributed by atoms with E-state index < -0.39 is 16.2 Å². The molecule has 146 valence electrons. The Kier molecular flexibility index (Phi) is 4.55. The van der Waals surface area contributed by atoms with Crippen LogP contribution in [0.25, 0.3) is 16.6 Å². The second kappa shape index (κ2) is 7.19. The van der Waals surface area contributed by atoms with Crippen LogP contribution < -0.4 is 15.8 Å². The highest BCUT2D eigenvalue weighted by molar-refractivity contribution is 5.84. The van der Waals surface area contributed by atoms with Crippen molar-refractivity contribution in [2.75, 3.05) is 24.3 Å². The number of aromatic nitrogens is 3. The molecule has 0 aliphatic carbocycles. The highest BCUT2D eigenvalue weighted by Gasteiger charge is 2.23.